The lowest BCUT2D eigenvalue weighted by Gasteiger charge is -2.15. The summed E-state index contributed by atoms with van der Waals surface area (Å²) < 4.78 is 9.47. The Morgan fingerprint density at radius 3 is 2.28 bits per heavy atom. The molecule has 0 aromatic carbocycles. The van der Waals surface area contributed by atoms with Crippen molar-refractivity contribution in [3.05, 3.63) is 0 Å². The van der Waals surface area contributed by atoms with Crippen LogP contribution in [0.2, 0.25) is 0 Å². The van der Waals surface area contributed by atoms with Crippen LogP contribution in [-0.4, -0.2) is 48.8 Å². The molecule has 0 aromatic rings. The van der Waals surface area contributed by atoms with Gasteiger partial charge in [0.05, 0.1) is 19.8 Å². The number of ether oxygens (including phenoxy) is 2. The normalized spacial score (nSPS) is 11.7. The second kappa shape index (κ2) is 9.41. The van der Waals surface area contributed by atoms with Gasteiger partial charge in [0.25, 0.3) is 0 Å². The number of hydrogen-bond donors (Lipinski definition) is 2. The summed E-state index contributed by atoms with van der Waals surface area (Å²) >= 11 is 0. The Bertz CT molecular complexity index is 291. The van der Waals surface area contributed by atoms with Gasteiger partial charge in [-0.05, 0) is 20.3 Å². The maximum Gasteiger partial charge on any atom is 0.323 e. The van der Waals surface area contributed by atoms with Gasteiger partial charge in [-0.15, -0.1) is 0 Å². The van der Waals surface area contributed by atoms with Crippen molar-refractivity contribution in [3.63, 3.8) is 0 Å². The Labute approximate surface area is 105 Å². The van der Waals surface area contributed by atoms with E-state index in [0.29, 0.717) is 0 Å². The number of carboxylic acid groups (broad SMARTS) is 1. The van der Waals surface area contributed by atoms with Crippen LogP contribution in [0.3, 0.4) is 0 Å². The molecule has 0 aliphatic carbocycles. The molecule has 1 atom stereocenters. The first-order valence-electron chi connectivity index (χ1n) is 5.78. The molecule has 0 saturated heterocycles. The number of hydrogen-bond acceptors (Lipinski definition) is 6. The molecule has 0 aliphatic rings. The van der Waals surface area contributed by atoms with Gasteiger partial charge in [0.15, 0.2) is 0 Å². The molecule has 0 amide bonds. The van der Waals surface area contributed by atoms with Crippen molar-refractivity contribution >= 4 is 17.9 Å². The lowest BCUT2D eigenvalue weighted by atomic mass is 10.1. The van der Waals surface area contributed by atoms with Gasteiger partial charge in [0, 0.05) is 6.42 Å². The Morgan fingerprint density at radius 2 is 1.78 bits per heavy atom. The molecule has 7 heteroatoms. The molecule has 0 aliphatic heterocycles. The first-order valence-corrected chi connectivity index (χ1v) is 5.78. The van der Waals surface area contributed by atoms with E-state index in [2.05, 4.69) is 10.1 Å². The second-order valence-corrected chi connectivity index (χ2v) is 3.42. The fraction of sp³-hybridized carbons (Fsp3) is 0.727. The number of nitrogens with one attached hydrogen (secondary N) is 1. The van der Waals surface area contributed by atoms with Crippen molar-refractivity contribution in [3.8, 4) is 0 Å². The van der Waals surface area contributed by atoms with E-state index in [4.69, 9.17) is 9.84 Å². The van der Waals surface area contributed by atoms with Gasteiger partial charge >= 0.3 is 17.9 Å². The van der Waals surface area contributed by atoms with Crippen LogP contribution >= 0.6 is 0 Å². The zero-order valence-corrected chi connectivity index (χ0v) is 10.6. The molecule has 0 saturated carbocycles. The maximum atomic E-state index is 11.5. The third-order valence-corrected chi connectivity index (χ3v) is 2.02. The Kier molecular flexibility index (Phi) is 8.55. The van der Waals surface area contributed by atoms with Crippen molar-refractivity contribution in [2.75, 3.05) is 19.8 Å². The van der Waals surface area contributed by atoms with E-state index in [1.54, 1.807) is 13.8 Å². The smallest absolute Gasteiger partial charge is 0.323 e. The molecular weight excluding hydrogens is 242 g/mol. The molecule has 0 radical (unpaired) electrons. The monoisotopic (exact) mass is 261 g/mol. The third-order valence-electron chi connectivity index (χ3n) is 2.02. The standard InChI is InChI=1S/C11H19NO6/c1-3-17-10(15)7-12-8(5-6-9(13)14)11(16)18-4-2/h8,12H,3-7H2,1-2H3,(H,13,14). The van der Waals surface area contributed by atoms with Crippen molar-refractivity contribution in [1.29, 1.82) is 0 Å². The predicted molar refractivity (Wildman–Crippen MR) is 61.9 cm³/mol. The van der Waals surface area contributed by atoms with E-state index in [0.717, 1.165) is 0 Å². The Balaban J connectivity index is 4.23. The lowest BCUT2D eigenvalue weighted by molar-refractivity contribution is -0.147. The van der Waals surface area contributed by atoms with Gasteiger partial charge in [-0.3, -0.25) is 19.7 Å². The Morgan fingerprint density at radius 1 is 1.17 bits per heavy atom. The largest absolute Gasteiger partial charge is 0.481 e. The fourth-order valence-electron chi connectivity index (χ4n) is 1.23. The van der Waals surface area contributed by atoms with Crippen LogP contribution in [0.15, 0.2) is 0 Å². The molecule has 0 rings (SSSR count). The number of esters is 2. The molecule has 0 aromatic heterocycles. The van der Waals surface area contributed by atoms with Crippen LogP contribution in [-0.2, 0) is 23.9 Å². The summed E-state index contributed by atoms with van der Waals surface area (Å²) in [4.78, 5) is 33.1. The first-order chi connectivity index (χ1) is 8.51. The summed E-state index contributed by atoms with van der Waals surface area (Å²) in [6.45, 7) is 3.61. The zero-order valence-electron chi connectivity index (χ0n) is 10.6. The van der Waals surface area contributed by atoms with E-state index < -0.39 is 23.9 Å². The quantitative estimate of drug-likeness (QED) is 0.560. The summed E-state index contributed by atoms with van der Waals surface area (Å²) in [5.74, 6) is -2.08. The molecule has 7 nitrogen and oxygen atoms in total. The molecular formula is C11H19NO6. The highest BCUT2D eigenvalue weighted by molar-refractivity contribution is 5.78. The van der Waals surface area contributed by atoms with E-state index in [1.165, 1.54) is 0 Å². The van der Waals surface area contributed by atoms with Crippen LogP contribution < -0.4 is 5.32 Å². The zero-order chi connectivity index (χ0) is 14.0. The number of rotatable bonds is 9. The number of aliphatic carboxylic acids is 1. The van der Waals surface area contributed by atoms with Crippen molar-refractivity contribution in [1.82, 2.24) is 5.32 Å². The first kappa shape index (κ1) is 16.4. The lowest BCUT2D eigenvalue weighted by Crippen LogP contribution is -2.41. The number of carbonyl (C=O) groups is 3. The molecule has 0 spiro atoms. The van der Waals surface area contributed by atoms with Crippen LogP contribution in [0.4, 0.5) is 0 Å². The highest BCUT2D eigenvalue weighted by atomic mass is 16.5. The minimum Gasteiger partial charge on any atom is -0.481 e. The summed E-state index contributed by atoms with van der Waals surface area (Å²) in [6.07, 6.45) is -0.118. The van der Waals surface area contributed by atoms with Crippen LogP contribution in [0.1, 0.15) is 26.7 Å². The van der Waals surface area contributed by atoms with E-state index in [9.17, 15) is 14.4 Å². The van der Waals surface area contributed by atoms with Crippen molar-refractivity contribution < 1.29 is 29.0 Å². The topological polar surface area (TPSA) is 102 Å². The van der Waals surface area contributed by atoms with Gasteiger partial charge < -0.3 is 14.6 Å². The van der Waals surface area contributed by atoms with Crippen molar-refractivity contribution in [2.45, 2.75) is 32.7 Å². The van der Waals surface area contributed by atoms with Gasteiger partial charge in [-0.1, -0.05) is 0 Å². The van der Waals surface area contributed by atoms with Gasteiger partial charge in [-0.25, -0.2) is 0 Å². The van der Waals surface area contributed by atoms with Crippen LogP contribution in [0, 0.1) is 0 Å². The van der Waals surface area contributed by atoms with Crippen LogP contribution in [0.5, 0.6) is 0 Å². The third kappa shape index (κ3) is 7.61. The molecule has 0 bridgehead atoms. The molecule has 2 N–H and O–H groups in total. The molecule has 104 valence electrons. The predicted octanol–water partition coefficient (Wildman–Crippen LogP) is -0.0644. The summed E-state index contributed by atoms with van der Waals surface area (Å²) in [5.41, 5.74) is 0. The molecule has 0 fully saturated rings. The minimum atomic E-state index is -1.01. The molecule has 1 unspecified atom stereocenters. The highest BCUT2D eigenvalue weighted by Crippen LogP contribution is 2.00. The number of carbonyl (C=O) groups excluding carboxylic acids is 2. The molecule has 18 heavy (non-hydrogen) atoms. The summed E-state index contributed by atoms with van der Waals surface area (Å²) in [6, 6.07) is -0.814. The average Bonchev–Trinajstić information content (AvgIpc) is 2.29. The fourth-order valence-corrected chi connectivity index (χ4v) is 1.23. The van der Waals surface area contributed by atoms with Gasteiger partial charge in [-0.2, -0.15) is 0 Å². The minimum absolute atomic E-state index is 0.0631. The molecule has 0 heterocycles. The average molecular weight is 261 g/mol. The highest BCUT2D eigenvalue weighted by Gasteiger charge is 2.21. The maximum absolute atomic E-state index is 11.5. The summed E-state index contributed by atoms with van der Waals surface area (Å²) in [7, 11) is 0. The summed E-state index contributed by atoms with van der Waals surface area (Å²) in [5, 5.41) is 11.2. The van der Waals surface area contributed by atoms with E-state index >= 15 is 0 Å². The van der Waals surface area contributed by atoms with Crippen molar-refractivity contribution in [2.24, 2.45) is 0 Å². The Hall–Kier alpha value is -1.63. The number of carboxylic acids is 1. The SMILES string of the molecule is CCOC(=O)CNC(CCC(=O)O)C(=O)OCC. The second-order valence-electron chi connectivity index (χ2n) is 3.42. The van der Waals surface area contributed by atoms with Crippen LogP contribution in [0.25, 0.3) is 0 Å². The van der Waals surface area contributed by atoms with E-state index in [-0.39, 0.29) is 32.6 Å². The van der Waals surface area contributed by atoms with Gasteiger partial charge in [0.2, 0.25) is 0 Å². The van der Waals surface area contributed by atoms with E-state index in [1.807, 2.05) is 0 Å². The van der Waals surface area contributed by atoms with Gasteiger partial charge in [0.1, 0.15) is 6.04 Å².